The van der Waals surface area contributed by atoms with Gasteiger partial charge in [-0.3, -0.25) is 4.79 Å². The Labute approximate surface area is 118 Å². The molecule has 0 saturated carbocycles. The first-order valence-corrected chi connectivity index (χ1v) is 6.75. The molecule has 3 aromatic rings. The summed E-state index contributed by atoms with van der Waals surface area (Å²) in [6.07, 6.45) is 0. The van der Waals surface area contributed by atoms with Crippen molar-refractivity contribution in [2.45, 2.75) is 6.92 Å². The Bertz CT molecular complexity index is 763. The molecule has 0 aliphatic carbocycles. The van der Waals surface area contributed by atoms with Crippen LogP contribution in [0.15, 0.2) is 34.7 Å². The molecule has 1 N–H and O–H groups in total. The summed E-state index contributed by atoms with van der Waals surface area (Å²) in [7, 11) is 0. The van der Waals surface area contributed by atoms with E-state index in [4.69, 9.17) is 16.0 Å². The summed E-state index contributed by atoms with van der Waals surface area (Å²) in [6.45, 7) is 1.78. The molecule has 4 nitrogen and oxygen atoms in total. The zero-order chi connectivity index (χ0) is 13.4. The van der Waals surface area contributed by atoms with Crippen molar-refractivity contribution in [2.24, 2.45) is 0 Å². The van der Waals surface area contributed by atoms with Gasteiger partial charge in [0.15, 0.2) is 11.5 Å². The normalized spacial score (nSPS) is 10.8. The van der Waals surface area contributed by atoms with Crippen molar-refractivity contribution >= 4 is 45.6 Å². The first kappa shape index (κ1) is 12.2. The molecule has 6 heteroatoms. The van der Waals surface area contributed by atoms with Crippen LogP contribution in [0.5, 0.6) is 0 Å². The highest BCUT2D eigenvalue weighted by Gasteiger charge is 2.10. The first-order chi connectivity index (χ1) is 9.11. The van der Waals surface area contributed by atoms with Gasteiger partial charge in [0.25, 0.3) is 5.91 Å². The Morgan fingerprint density at radius 3 is 2.95 bits per heavy atom. The summed E-state index contributed by atoms with van der Waals surface area (Å²) >= 11 is 7.05. The number of fused-ring (bicyclic) bond motifs is 1. The quantitative estimate of drug-likeness (QED) is 0.773. The Morgan fingerprint density at radius 1 is 1.37 bits per heavy atom. The fourth-order valence-electron chi connectivity index (χ4n) is 1.75. The van der Waals surface area contributed by atoms with Crippen LogP contribution < -0.4 is 5.32 Å². The highest BCUT2D eigenvalue weighted by Crippen LogP contribution is 2.24. The lowest BCUT2D eigenvalue weighted by Crippen LogP contribution is -2.09. The second-order valence-electron chi connectivity index (χ2n) is 3.97. The van der Waals surface area contributed by atoms with Gasteiger partial charge in [-0.05, 0) is 30.3 Å². The van der Waals surface area contributed by atoms with Crippen molar-refractivity contribution in [3.05, 3.63) is 45.4 Å². The van der Waals surface area contributed by atoms with E-state index in [2.05, 4.69) is 10.3 Å². The zero-order valence-corrected chi connectivity index (χ0v) is 11.5. The molecule has 0 bridgehead atoms. The van der Waals surface area contributed by atoms with E-state index in [-0.39, 0.29) is 5.91 Å². The van der Waals surface area contributed by atoms with Crippen molar-refractivity contribution in [1.29, 1.82) is 0 Å². The van der Waals surface area contributed by atoms with E-state index < -0.39 is 0 Å². The molecule has 0 aliphatic rings. The number of hydrogen-bond acceptors (Lipinski definition) is 4. The van der Waals surface area contributed by atoms with Gasteiger partial charge in [-0.2, -0.15) is 0 Å². The molecule has 0 atom stereocenters. The molecular formula is C13H9ClN2O2S. The number of carbonyl (C=O) groups excluding carboxylic acids is 1. The Hall–Kier alpha value is -1.85. The van der Waals surface area contributed by atoms with Gasteiger partial charge < -0.3 is 9.73 Å². The third-order valence-electron chi connectivity index (χ3n) is 2.55. The Balaban J connectivity index is 1.86. The summed E-state index contributed by atoms with van der Waals surface area (Å²) < 4.78 is 5.97. The molecule has 2 heterocycles. The first-order valence-electron chi connectivity index (χ1n) is 5.56. The van der Waals surface area contributed by atoms with E-state index >= 15 is 0 Å². The van der Waals surface area contributed by atoms with Crippen LogP contribution in [0.2, 0.25) is 4.34 Å². The lowest BCUT2D eigenvalue weighted by molar-refractivity contribution is 0.103. The molecule has 0 spiro atoms. The number of thiophene rings is 1. The number of benzene rings is 1. The number of halogens is 1. The number of amides is 1. The maximum atomic E-state index is 12.0. The number of oxazole rings is 1. The van der Waals surface area contributed by atoms with Gasteiger partial charge in [0, 0.05) is 12.6 Å². The number of nitrogens with one attached hydrogen (secondary N) is 1. The molecule has 2 aromatic heterocycles. The van der Waals surface area contributed by atoms with E-state index in [9.17, 15) is 4.79 Å². The number of carbonyl (C=O) groups is 1. The molecule has 0 fully saturated rings. The molecule has 1 aromatic carbocycles. The van der Waals surface area contributed by atoms with Crippen LogP contribution in [0, 0.1) is 6.92 Å². The summed E-state index contributed by atoms with van der Waals surface area (Å²) in [4.78, 5) is 16.8. The fourth-order valence-corrected chi connectivity index (χ4v) is 2.69. The number of anilines is 1. The Morgan fingerprint density at radius 2 is 2.21 bits per heavy atom. The minimum atomic E-state index is -0.184. The van der Waals surface area contributed by atoms with Crippen LogP contribution in [0.25, 0.3) is 11.1 Å². The molecule has 19 heavy (non-hydrogen) atoms. The fraction of sp³-hybridized carbons (Fsp3) is 0.0769. The lowest BCUT2D eigenvalue weighted by atomic mass is 10.3. The van der Waals surface area contributed by atoms with Gasteiger partial charge in [0.2, 0.25) is 0 Å². The summed E-state index contributed by atoms with van der Waals surface area (Å²) in [5.41, 5.74) is 2.10. The van der Waals surface area contributed by atoms with E-state index in [0.717, 1.165) is 5.52 Å². The topological polar surface area (TPSA) is 55.1 Å². The van der Waals surface area contributed by atoms with Gasteiger partial charge in [-0.25, -0.2) is 4.98 Å². The van der Waals surface area contributed by atoms with Crippen molar-refractivity contribution in [1.82, 2.24) is 4.98 Å². The van der Waals surface area contributed by atoms with Gasteiger partial charge in [0.1, 0.15) is 5.52 Å². The van der Waals surface area contributed by atoms with Crippen LogP contribution in [-0.4, -0.2) is 10.9 Å². The number of aromatic nitrogens is 1. The third kappa shape index (κ3) is 2.47. The second kappa shape index (κ2) is 4.68. The molecule has 0 aliphatic heterocycles. The number of aryl methyl sites for hydroxylation is 1. The van der Waals surface area contributed by atoms with E-state index in [1.54, 1.807) is 37.3 Å². The predicted octanol–water partition coefficient (Wildman–Crippen LogP) is 4.10. The van der Waals surface area contributed by atoms with Crippen LogP contribution in [-0.2, 0) is 0 Å². The third-order valence-corrected chi connectivity index (χ3v) is 3.78. The van der Waals surface area contributed by atoms with Crippen LogP contribution >= 0.6 is 22.9 Å². The van der Waals surface area contributed by atoms with Crippen molar-refractivity contribution in [3.63, 3.8) is 0 Å². The SMILES string of the molecule is Cc1nc2cc(NC(=O)c3ccc(Cl)s3)ccc2o1. The van der Waals surface area contributed by atoms with Gasteiger partial charge in [-0.1, -0.05) is 11.6 Å². The monoisotopic (exact) mass is 292 g/mol. The van der Waals surface area contributed by atoms with Crippen LogP contribution in [0.1, 0.15) is 15.6 Å². The molecule has 3 rings (SSSR count). The van der Waals surface area contributed by atoms with Gasteiger partial charge >= 0.3 is 0 Å². The molecule has 1 amide bonds. The van der Waals surface area contributed by atoms with Crippen molar-refractivity contribution in [3.8, 4) is 0 Å². The summed E-state index contributed by atoms with van der Waals surface area (Å²) in [6, 6.07) is 8.73. The Kier molecular flexibility index (Phi) is 3.00. The molecule has 0 radical (unpaired) electrons. The summed E-state index contributed by atoms with van der Waals surface area (Å²) in [5.74, 6) is 0.417. The number of hydrogen-bond donors (Lipinski definition) is 1. The van der Waals surface area contributed by atoms with E-state index in [0.29, 0.717) is 26.4 Å². The standard InChI is InChI=1S/C13H9ClN2O2S/c1-7-15-9-6-8(2-3-10(9)18-7)16-13(17)11-4-5-12(14)19-11/h2-6H,1H3,(H,16,17). The molecule has 0 unspecified atom stereocenters. The molecular weight excluding hydrogens is 284 g/mol. The highest BCUT2D eigenvalue weighted by atomic mass is 35.5. The largest absolute Gasteiger partial charge is 0.441 e. The highest BCUT2D eigenvalue weighted by molar-refractivity contribution is 7.18. The van der Waals surface area contributed by atoms with Crippen molar-refractivity contribution < 1.29 is 9.21 Å². The zero-order valence-electron chi connectivity index (χ0n) is 9.94. The molecule has 0 saturated heterocycles. The van der Waals surface area contributed by atoms with Gasteiger partial charge in [-0.15, -0.1) is 11.3 Å². The predicted molar refractivity (Wildman–Crippen MR) is 76.0 cm³/mol. The van der Waals surface area contributed by atoms with Crippen LogP contribution in [0.3, 0.4) is 0 Å². The maximum Gasteiger partial charge on any atom is 0.265 e. The van der Waals surface area contributed by atoms with E-state index in [1.807, 2.05) is 0 Å². The minimum Gasteiger partial charge on any atom is -0.441 e. The maximum absolute atomic E-state index is 12.0. The smallest absolute Gasteiger partial charge is 0.265 e. The van der Waals surface area contributed by atoms with Crippen LogP contribution in [0.4, 0.5) is 5.69 Å². The lowest BCUT2D eigenvalue weighted by Gasteiger charge is -2.02. The second-order valence-corrected chi connectivity index (χ2v) is 5.69. The minimum absolute atomic E-state index is 0.184. The van der Waals surface area contributed by atoms with E-state index in [1.165, 1.54) is 11.3 Å². The summed E-state index contributed by atoms with van der Waals surface area (Å²) in [5, 5.41) is 2.80. The van der Waals surface area contributed by atoms with Crippen molar-refractivity contribution in [2.75, 3.05) is 5.32 Å². The molecule has 96 valence electrons. The number of nitrogens with zero attached hydrogens (tertiary/aromatic N) is 1. The average Bonchev–Trinajstić information content (AvgIpc) is 2.93. The average molecular weight is 293 g/mol. The van der Waals surface area contributed by atoms with Gasteiger partial charge in [0.05, 0.1) is 9.21 Å². The number of rotatable bonds is 2.